The molecule has 8 heteroatoms. The number of ether oxygens (including phenoxy) is 1. The van der Waals surface area contributed by atoms with Gasteiger partial charge in [0.15, 0.2) is 12.0 Å². The van der Waals surface area contributed by atoms with Crippen molar-refractivity contribution >= 4 is 28.8 Å². The molecule has 1 aromatic carbocycles. The molecular formula is C17H18N2O6. The van der Waals surface area contributed by atoms with Crippen molar-refractivity contribution in [1.82, 2.24) is 10.2 Å². The third-order valence-electron chi connectivity index (χ3n) is 3.35. The van der Waals surface area contributed by atoms with Crippen molar-refractivity contribution in [2.75, 3.05) is 27.2 Å². The summed E-state index contributed by atoms with van der Waals surface area (Å²) in [6.45, 7) is 1.05. The second-order valence-electron chi connectivity index (χ2n) is 5.62. The monoisotopic (exact) mass is 346 g/mol. The number of fused-ring (bicyclic) bond motifs is 1. The number of likely N-dealkylation sites (N-methyl/N-ethyl adjacent to an activating group) is 1. The van der Waals surface area contributed by atoms with Crippen molar-refractivity contribution in [2.24, 2.45) is 0 Å². The molecule has 0 radical (unpaired) electrons. The SMILES string of the molecule is Cc1ccc2oc(C(=O)OCC(=O)NCC(=O)N(C)C)cc(=O)c2c1. The van der Waals surface area contributed by atoms with Gasteiger partial charge < -0.3 is 19.4 Å². The van der Waals surface area contributed by atoms with Crippen LogP contribution >= 0.6 is 0 Å². The summed E-state index contributed by atoms with van der Waals surface area (Å²) in [5.74, 6) is -2.16. The highest BCUT2D eigenvalue weighted by molar-refractivity contribution is 5.91. The second-order valence-corrected chi connectivity index (χ2v) is 5.62. The van der Waals surface area contributed by atoms with Crippen LogP contribution in [0.15, 0.2) is 33.5 Å². The topological polar surface area (TPSA) is 106 Å². The van der Waals surface area contributed by atoms with E-state index in [0.717, 1.165) is 11.6 Å². The molecule has 2 aromatic rings. The van der Waals surface area contributed by atoms with Gasteiger partial charge in [-0.25, -0.2) is 4.79 Å². The smallest absolute Gasteiger partial charge is 0.374 e. The molecule has 132 valence electrons. The van der Waals surface area contributed by atoms with Crippen molar-refractivity contribution in [3.63, 3.8) is 0 Å². The molecule has 0 bridgehead atoms. The Morgan fingerprint density at radius 2 is 1.92 bits per heavy atom. The molecule has 0 spiro atoms. The molecule has 0 saturated carbocycles. The number of aryl methyl sites for hydroxylation is 1. The number of carbonyl (C=O) groups excluding carboxylic acids is 3. The van der Waals surface area contributed by atoms with E-state index < -0.39 is 18.5 Å². The largest absolute Gasteiger partial charge is 0.450 e. The summed E-state index contributed by atoms with van der Waals surface area (Å²) in [7, 11) is 3.11. The number of hydrogen-bond acceptors (Lipinski definition) is 6. The second kappa shape index (κ2) is 7.61. The lowest BCUT2D eigenvalue weighted by Crippen LogP contribution is -2.38. The molecule has 0 aliphatic carbocycles. The van der Waals surface area contributed by atoms with E-state index in [-0.39, 0.29) is 29.2 Å². The van der Waals surface area contributed by atoms with Crippen molar-refractivity contribution in [2.45, 2.75) is 6.92 Å². The molecule has 0 saturated heterocycles. The zero-order valence-electron chi connectivity index (χ0n) is 14.1. The van der Waals surface area contributed by atoms with Gasteiger partial charge in [-0.15, -0.1) is 0 Å². The maximum Gasteiger partial charge on any atom is 0.374 e. The van der Waals surface area contributed by atoms with Crippen LogP contribution in [0.2, 0.25) is 0 Å². The molecule has 0 aliphatic heterocycles. The summed E-state index contributed by atoms with van der Waals surface area (Å²) in [5, 5.41) is 2.68. The zero-order valence-corrected chi connectivity index (χ0v) is 14.1. The van der Waals surface area contributed by atoms with Crippen molar-refractivity contribution in [1.29, 1.82) is 0 Å². The first-order valence-corrected chi connectivity index (χ1v) is 7.46. The number of carbonyl (C=O) groups is 3. The fraction of sp³-hybridized carbons (Fsp3) is 0.294. The van der Waals surface area contributed by atoms with Gasteiger partial charge >= 0.3 is 5.97 Å². The van der Waals surface area contributed by atoms with E-state index in [1.807, 2.05) is 6.92 Å². The van der Waals surface area contributed by atoms with Crippen LogP contribution in [0.25, 0.3) is 11.0 Å². The van der Waals surface area contributed by atoms with E-state index in [1.165, 1.54) is 4.90 Å². The Hall–Kier alpha value is -3.16. The fourth-order valence-corrected chi connectivity index (χ4v) is 1.96. The van der Waals surface area contributed by atoms with Crippen LogP contribution < -0.4 is 10.7 Å². The van der Waals surface area contributed by atoms with Crippen LogP contribution in [0.4, 0.5) is 0 Å². The van der Waals surface area contributed by atoms with E-state index in [0.29, 0.717) is 5.39 Å². The molecule has 1 heterocycles. The number of amides is 2. The highest BCUT2D eigenvalue weighted by Gasteiger charge is 2.16. The first-order chi connectivity index (χ1) is 11.8. The maximum absolute atomic E-state index is 12.0. The van der Waals surface area contributed by atoms with Crippen LogP contribution in [0.5, 0.6) is 0 Å². The standard InChI is InChI=1S/C17H18N2O6/c1-10-4-5-13-11(6-10)12(20)7-14(25-13)17(23)24-9-15(21)18-8-16(22)19(2)3/h4-7H,8-9H2,1-3H3,(H,18,21). The number of esters is 1. The molecule has 2 rings (SSSR count). The summed E-state index contributed by atoms with van der Waals surface area (Å²) in [6.07, 6.45) is 0. The highest BCUT2D eigenvalue weighted by atomic mass is 16.5. The van der Waals surface area contributed by atoms with E-state index in [1.54, 1.807) is 32.3 Å². The Morgan fingerprint density at radius 1 is 1.20 bits per heavy atom. The van der Waals surface area contributed by atoms with E-state index in [2.05, 4.69) is 5.32 Å². The van der Waals surface area contributed by atoms with Gasteiger partial charge in [-0.3, -0.25) is 14.4 Å². The normalized spacial score (nSPS) is 10.4. The minimum Gasteiger partial charge on any atom is -0.450 e. The third kappa shape index (κ3) is 4.66. The molecule has 2 amide bonds. The van der Waals surface area contributed by atoms with Crippen LogP contribution in [0.3, 0.4) is 0 Å². The number of nitrogens with one attached hydrogen (secondary N) is 1. The summed E-state index contributed by atoms with van der Waals surface area (Å²) >= 11 is 0. The number of nitrogens with zero attached hydrogens (tertiary/aromatic N) is 1. The number of hydrogen-bond donors (Lipinski definition) is 1. The number of rotatable bonds is 5. The molecule has 8 nitrogen and oxygen atoms in total. The van der Waals surface area contributed by atoms with E-state index in [4.69, 9.17) is 9.15 Å². The molecule has 0 aliphatic rings. The average Bonchev–Trinajstić information content (AvgIpc) is 2.57. The van der Waals surface area contributed by atoms with Crippen LogP contribution in [0, 0.1) is 6.92 Å². The summed E-state index contributed by atoms with van der Waals surface area (Å²) in [5.41, 5.74) is 0.767. The molecule has 1 N–H and O–H groups in total. The van der Waals surface area contributed by atoms with Gasteiger partial charge in [-0.05, 0) is 19.1 Å². The van der Waals surface area contributed by atoms with Gasteiger partial charge in [-0.2, -0.15) is 0 Å². The van der Waals surface area contributed by atoms with Crippen LogP contribution in [-0.2, 0) is 14.3 Å². The summed E-state index contributed by atoms with van der Waals surface area (Å²) in [6, 6.07) is 6.01. The minimum absolute atomic E-state index is 0.201. The molecule has 1 aromatic heterocycles. The van der Waals surface area contributed by atoms with Crippen molar-refractivity contribution in [3.05, 3.63) is 45.8 Å². The van der Waals surface area contributed by atoms with E-state index >= 15 is 0 Å². The van der Waals surface area contributed by atoms with Gasteiger partial charge in [0.1, 0.15) is 5.58 Å². The summed E-state index contributed by atoms with van der Waals surface area (Å²) in [4.78, 5) is 48.2. The van der Waals surface area contributed by atoms with Gasteiger partial charge in [0.25, 0.3) is 5.91 Å². The van der Waals surface area contributed by atoms with E-state index in [9.17, 15) is 19.2 Å². The first-order valence-electron chi connectivity index (χ1n) is 7.46. The van der Waals surface area contributed by atoms with Gasteiger partial charge in [0, 0.05) is 20.2 Å². The molecule has 0 unspecified atom stereocenters. The lowest BCUT2D eigenvalue weighted by atomic mass is 10.1. The van der Waals surface area contributed by atoms with Crippen LogP contribution in [-0.4, -0.2) is 49.9 Å². The molecule has 0 fully saturated rings. The van der Waals surface area contributed by atoms with Gasteiger partial charge in [-0.1, -0.05) is 11.6 Å². The first kappa shape index (κ1) is 18.2. The summed E-state index contributed by atoms with van der Waals surface area (Å²) < 4.78 is 10.2. The zero-order chi connectivity index (χ0) is 18.6. The van der Waals surface area contributed by atoms with Crippen molar-refractivity contribution < 1.29 is 23.5 Å². The maximum atomic E-state index is 12.0. The Kier molecular flexibility index (Phi) is 5.53. The average molecular weight is 346 g/mol. The molecule has 25 heavy (non-hydrogen) atoms. The lowest BCUT2D eigenvalue weighted by molar-refractivity contribution is -0.131. The van der Waals surface area contributed by atoms with Gasteiger partial charge in [0.05, 0.1) is 11.9 Å². The van der Waals surface area contributed by atoms with Crippen LogP contribution in [0.1, 0.15) is 16.1 Å². The predicted octanol–water partition coefficient (Wildman–Crippen LogP) is 0.463. The lowest BCUT2D eigenvalue weighted by Gasteiger charge is -2.11. The Morgan fingerprint density at radius 3 is 2.60 bits per heavy atom. The van der Waals surface area contributed by atoms with Gasteiger partial charge in [0.2, 0.25) is 11.7 Å². The predicted molar refractivity (Wildman–Crippen MR) is 89.2 cm³/mol. The molecular weight excluding hydrogens is 328 g/mol. The fourth-order valence-electron chi connectivity index (χ4n) is 1.96. The number of benzene rings is 1. The third-order valence-corrected chi connectivity index (χ3v) is 3.35. The quantitative estimate of drug-likeness (QED) is 0.789. The Labute approximate surface area is 143 Å². The minimum atomic E-state index is -0.936. The highest BCUT2D eigenvalue weighted by Crippen LogP contribution is 2.14. The molecule has 0 atom stereocenters. The Balaban J connectivity index is 2.00. The van der Waals surface area contributed by atoms with Crippen molar-refractivity contribution in [3.8, 4) is 0 Å². The Bertz CT molecular complexity index is 884.